The van der Waals surface area contributed by atoms with Gasteiger partial charge in [0.25, 0.3) is 0 Å². The van der Waals surface area contributed by atoms with Gasteiger partial charge < -0.3 is 10.2 Å². The Bertz CT molecular complexity index is 1480. The molecule has 236 valence electrons. The molecule has 0 unspecified atom stereocenters. The van der Waals surface area contributed by atoms with Crippen LogP contribution in [-0.2, 0) is 23.6 Å². The Morgan fingerprint density at radius 3 is 2.34 bits per heavy atom. The molecule has 12 nitrogen and oxygen atoms in total. The first kappa shape index (κ1) is 33.1. The van der Waals surface area contributed by atoms with Gasteiger partial charge >= 0.3 is 13.9 Å². The molecule has 1 saturated heterocycles. The zero-order valence-corrected chi connectivity index (χ0v) is 27.0. The highest BCUT2D eigenvalue weighted by Crippen LogP contribution is 2.49. The molecule has 44 heavy (non-hydrogen) atoms. The Kier molecular flexibility index (Phi) is 11.2. The van der Waals surface area contributed by atoms with Crippen LogP contribution >= 0.6 is 7.82 Å². The second kappa shape index (κ2) is 14.8. The monoisotopic (exact) mass is 623 g/mol. The van der Waals surface area contributed by atoms with Crippen molar-refractivity contribution in [1.29, 1.82) is 5.26 Å². The number of nitriles is 1. The second-order valence-electron chi connectivity index (χ2n) is 11.6. The van der Waals surface area contributed by atoms with Crippen LogP contribution in [0.3, 0.4) is 0 Å². The SMILES string of the molecule is CCOP(=O)(OCC)OCCC1CCN(c2ccc(NC(=O)Nc3cn(-c4ccc(C(C)(C)C)cc4)nn3)cc2C#N)CC1. The number of carbonyl (C=O) groups excluding carboxylic acids is 1. The van der Waals surface area contributed by atoms with Crippen LogP contribution in [0.15, 0.2) is 48.7 Å². The van der Waals surface area contributed by atoms with E-state index < -0.39 is 13.9 Å². The van der Waals surface area contributed by atoms with E-state index in [4.69, 9.17) is 13.6 Å². The molecule has 0 radical (unpaired) electrons. The van der Waals surface area contributed by atoms with Gasteiger partial charge in [-0.15, -0.1) is 5.10 Å². The van der Waals surface area contributed by atoms with E-state index in [1.165, 1.54) is 5.56 Å². The van der Waals surface area contributed by atoms with Gasteiger partial charge in [0.2, 0.25) is 0 Å². The van der Waals surface area contributed by atoms with Gasteiger partial charge in [-0.1, -0.05) is 38.1 Å². The van der Waals surface area contributed by atoms with Crippen molar-refractivity contribution in [2.45, 2.75) is 59.3 Å². The first-order valence-corrected chi connectivity index (χ1v) is 16.4. The number of hydrogen-bond donors (Lipinski definition) is 2. The first-order valence-electron chi connectivity index (χ1n) is 15.0. The molecule has 2 amide bonds. The van der Waals surface area contributed by atoms with Crippen molar-refractivity contribution in [3.05, 3.63) is 59.8 Å². The van der Waals surface area contributed by atoms with E-state index in [9.17, 15) is 14.6 Å². The summed E-state index contributed by atoms with van der Waals surface area (Å²) in [5.74, 6) is 0.699. The number of aromatic nitrogens is 3. The minimum atomic E-state index is -3.50. The van der Waals surface area contributed by atoms with E-state index in [1.807, 2.05) is 18.2 Å². The van der Waals surface area contributed by atoms with Crippen molar-refractivity contribution in [1.82, 2.24) is 15.0 Å². The van der Waals surface area contributed by atoms with Gasteiger partial charge in [-0.05, 0) is 80.3 Å². The lowest BCUT2D eigenvalue weighted by Crippen LogP contribution is -2.34. The number of hydrogen-bond acceptors (Lipinski definition) is 9. The van der Waals surface area contributed by atoms with Crippen LogP contribution in [0.4, 0.5) is 22.0 Å². The molecule has 4 rings (SSSR count). The summed E-state index contributed by atoms with van der Waals surface area (Å²) in [7, 11) is -3.50. The summed E-state index contributed by atoms with van der Waals surface area (Å²) in [5.41, 5.74) is 3.88. The van der Waals surface area contributed by atoms with Crippen molar-refractivity contribution >= 4 is 31.0 Å². The van der Waals surface area contributed by atoms with Crippen molar-refractivity contribution in [3.8, 4) is 11.8 Å². The fraction of sp³-hybridized carbons (Fsp3) is 0.484. The summed E-state index contributed by atoms with van der Waals surface area (Å²) >= 11 is 0. The molecule has 13 heteroatoms. The van der Waals surface area contributed by atoms with Crippen LogP contribution in [0.5, 0.6) is 0 Å². The minimum absolute atomic E-state index is 0.0472. The third-order valence-corrected chi connectivity index (χ3v) is 9.06. The molecule has 2 heterocycles. The Labute approximate surface area is 259 Å². The average Bonchev–Trinajstić information content (AvgIpc) is 3.45. The predicted octanol–water partition coefficient (Wildman–Crippen LogP) is 6.88. The van der Waals surface area contributed by atoms with Gasteiger partial charge in [0.05, 0.1) is 43.0 Å². The van der Waals surface area contributed by atoms with Crippen molar-refractivity contribution in [2.24, 2.45) is 5.92 Å². The Morgan fingerprint density at radius 2 is 1.73 bits per heavy atom. The van der Waals surface area contributed by atoms with E-state index >= 15 is 0 Å². The Hall–Kier alpha value is -3.75. The number of phosphoric ester groups is 1. The molecular weight excluding hydrogens is 581 g/mol. The number of phosphoric acid groups is 1. The van der Waals surface area contributed by atoms with Gasteiger partial charge in [0, 0.05) is 18.8 Å². The maximum Gasteiger partial charge on any atom is 0.474 e. The number of rotatable bonds is 12. The molecule has 0 saturated carbocycles. The summed E-state index contributed by atoms with van der Waals surface area (Å²) in [4.78, 5) is 14.9. The Morgan fingerprint density at radius 1 is 1.05 bits per heavy atom. The molecule has 2 N–H and O–H groups in total. The molecule has 0 aliphatic carbocycles. The number of piperidine rings is 1. The smallest absolute Gasteiger partial charge is 0.370 e. The fourth-order valence-corrected chi connectivity index (χ4v) is 6.23. The number of nitrogens with one attached hydrogen (secondary N) is 2. The van der Waals surface area contributed by atoms with Crippen LogP contribution < -0.4 is 15.5 Å². The molecule has 0 bridgehead atoms. The van der Waals surface area contributed by atoms with Crippen LogP contribution in [-0.4, -0.2) is 53.9 Å². The number of carbonyl (C=O) groups is 1. The molecule has 0 spiro atoms. The van der Waals surface area contributed by atoms with Gasteiger partial charge in [-0.2, -0.15) is 5.26 Å². The predicted molar refractivity (Wildman–Crippen MR) is 170 cm³/mol. The molecule has 1 aliphatic heterocycles. The maximum absolute atomic E-state index is 12.7. The van der Waals surface area contributed by atoms with Crippen molar-refractivity contribution in [3.63, 3.8) is 0 Å². The van der Waals surface area contributed by atoms with Crippen LogP contribution in [0.1, 0.15) is 65.0 Å². The highest BCUT2D eigenvalue weighted by molar-refractivity contribution is 7.48. The molecule has 2 aromatic carbocycles. The van der Waals surface area contributed by atoms with E-state index in [0.717, 1.165) is 43.7 Å². The van der Waals surface area contributed by atoms with Crippen molar-refractivity contribution in [2.75, 3.05) is 48.4 Å². The average molecular weight is 624 g/mol. The zero-order valence-electron chi connectivity index (χ0n) is 26.1. The van der Waals surface area contributed by atoms with Gasteiger partial charge in [0.1, 0.15) is 6.07 Å². The number of benzene rings is 2. The van der Waals surface area contributed by atoms with Crippen LogP contribution in [0, 0.1) is 17.2 Å². The summed E-state index contributed by atoms with van der Waals surface area (Å²) in [6.07, 6.45) is 4.21. The summed E-state index contributed by atoms with van der Waals surface area (Å²) < 4.78 is 30.0. The van der Waals surface area contributed by atoms with E-state index in [1.54, 1.807) is 36.9 Å². The topological polar surface area (TPSA) is 144 Å². The number of urea groups is 1. The number of anilines is 3. The lowest BCUT2D eigenvalue weighted by atomic mass is 9.87. The van der Waals surface area contributed by atoms with Gasteiger partial charge in [-0.25, -0.2) is 14.0 Å². The molecule has 1 aromatic heterocycles. The first-order chi connectivity index (χ1) is 21.0. The summed E-state index contributed by atoms with van der Waals surface area (Å²) in [5, 5.41) is 23.5. The van der Waals surface area contributed by atoms with E-state index in [2.05, 4.69) is 64.8 Å². The largest absolute Gasteiger partial charge is 0.474 e. The lowest BCUT2D eigenvalue weighted by Gasteiger charge is -2.34. The normalized spacial score (nSPS) is 14.3. The zero-order chi connectivity index (χ0) is 31.7. The highest BCUT2D eigenvalue weighted by atomic mass is 31.2. The number of amides is 2. The van der Waals surface area contributed by atoms with E-state index in [-0.39, 0.29) is 18.6 Å². The van der Waals surface area contributed by atoms with E-state index in [0.29, 0.717) is 29.6 Å². The van der Waals surface area contributed by atoms with Crippen LogP contribution in [0.25, 0.3) is 5.69 Å². The molecule has 3 aromatic rings. The summed E-state index contributed by atoms with van der Waals surface area (Å²) in [6, 6.07) is 15.1. The molecule has 1 aliphatic rings. The van der Waals surface area contributed by atoms with Gasteiger partial charge in [0.15, 0.2) is 5.82 Å². The third kappa shape index (κ3) is 8.89. The van der Waals surface area contributed by atoms with Crippen molar-refractivity contribution < 1.29 is 22.9 Å². The van der Waals surface area contributed by atoms with Crippen LogP contribution in [0.2, 0.25) is 0 Å². The third-order valence-electron chi connectivity index (χ3n) is 7.41. The lowest BCUT2D eigenvalue weighted by molar-refractivity contribution is 0.114. The molecule has 1 fully saturated rings. The van der Waals surface area contributed by atoms with Gasteiger partial charge in [-0.3, -0.25) is 18.9 Å². The standard InChI is InChI=1S/C31H42N7O5P/c1-6-41-44(40,42-7-2)43-19-16-23-14-17-37(18-15-23)28-13-10-26(20-24(28)21-32)33-30(39)34-29-22-38(36-35-29)27-11-8-25(9-12-27)31(3,4)5/h8-13,20,22-23H,6-7,14-19H2,1-5H3,(H2,33,34,39). The summed E-state index contributed by atoms with van der Waals surface area (Å²) in [6.45, 7) is 12.3. The number of nitrogens with zero attached hydrogens (tertiary/aromatic N) is 5. The fourth-order valence-electron chi connectivity index (χ4n) is 5.04. The molecular formula is C31H42N7O5P. The minimum Gasteiger partial charge on any atom is -0.370 e. The Balaban J connectivity index is 1.28. The molecule has 0 atom stereocenters. The second-order valence-corrected chi connectivity index (χ2v) is 13.3. The quantitative estimate of drug-likeness (QED) is 0.206. The maximum atomic E-state index is 12.7. The highest BCUT2D eigenvalue weighted by Gasteiger charge is 2.27.